The van der Waals surface area contributed by atoms with E-state index in [4.69, 9.17) is 0 Å². The minimum Gasteiger partial charge on any atom is -0.372 e. The third kappa shape index (κ3) is 4.53. The summed E-state index contributed by atoms with van der Waals surface area (Å²) in [6.45, 7) is 6.55. The van der Waals surface area contributed by atoms with Crippen molar-refractivity contribution in [3.05, 3.63) is 29.8 Å². The molecule has 0 unspecified atom stereocenters. The van der Waals surface area contributed by atoms with Gasteiger partial charge in [0.05, 0.1) is 0 Å². The number of nitrogens with zero attached hydrogens (tertiary/aromatic N) is 1. The third-order valence-corrected chi connectivity index (χ3v) is 3.64. The molecule has 20 heavy (non-hydrogen) atoms. The van der Waals surface area contributed by atoms with E-state index in [2.05, 4.69) is 39.8 Å². The van der Waals surface area contributed by atoms with E-state index < -0.39 is 0 Å². The smallest absolute Gasteiger partial charge is 0.221 e. The van der Waals surface area contributed by atoms with Crippen molar-refractivity contribution in [3.8, 4) is 0 Å². The summed E-state index contributed by atoms with van der Waals surface area (Å²) < 4.78 is 0. The molecule has 1 amide bonds. The molecular weight excluding hydrogens is 250 g/mol. The van der Waals surface area contributed by atoms with E-state index in [9.17, 15) is 4.79 Å². The third-order valence-electron chi connectivity index (χ3n) is 3.64. The maximum Gasteiger partial charge on any atom is 0.221 e. The highest BCUT2D eigenvalue weighted by Gasteiger charge is 2.11. The summed E-state index contributed by atoms with van der Waals surface area (Å²) in [5.41, 5.74) is 2.59. The molecule has 0 bridgehead atoms. The fourth-order valence-corrected chi connectivity index (χ4v) is 2.52. The summed E-state index contributed by atoms with van der Waals surface area (Å²) in [6.07, 6.45) is 3.16. The number of hydrogen-bond donors (Lipinski definition) is 2. The largest absolute Gasteiger partial charge is 0.372 e. The van der Waals surface area contributed by atoms with Gasteiger partial charge in [0.25, 0.3) is 0 Å². The van der Waals surface area contributed by atoms with Crippen LogP contribution in [0, 0.1) is 0 Å². The maximum absolute atomic E-state index is 11.3. The van der Waals surface area contributed by atoms with Crippen molar-refractivity contribution < 1.29 is 4.79 Å². The Bertz CT molecular complexity index is 410. The average Bonchev–Trinajstić information content (AvgIpc) is 2.99. The van der Waals surface area contributed by atoms with Gasteiger partial charge in [0.1, 0.15) is 0 Å². The topological polar surface area (TPSA) is 44.4 Å². The molecule has 1 aliphatic rings. The van der Waals surface area contributed by atoms with Crippen molar-refractivity contribution in [2.75, 3.05) is 31.1 Å². The molecule has 1 heterocycles. The minimum absolute atomic E-state index is 0.115. The molecule has 4 heteroatoms. The highest BCUT2D eigenvalue weighted by Crippen LogP contribution is 2.20. The van der Waals surface area contributed by atoms with Crippen LogP contribution in [-0.2, 0) is 11.3 Å². The van der Waals surface area contributed by atoms with Gasteiger partial charge in [-0.2, -0.15) is 0 Å². The second-order valence-electron chi connectivity index (χ2n) is 5.24. The van der Waals surface area contributed by atoms with Crippen LogP contribution in [0.3, 0.4) is 0 Å². The van der Waals surface area contributed by atoms with Crippen LogP contribution in [-0.4, -0.2) is 32.1 Å². The number of anilines is 1. The lowest BCUT2D eigenvalue weighted by Crippen LogP contribution is -2.27. The second kappa shape index (κ2) is 7.90. The van der Waals surface area contributed by atoms with Crippen LogP contribution < -0.4 is 15.5 Å². The molecular formula is C16H25N3O. The van der Waals surface area contributed by atoms with Crippen LogP contribution in [0.5, 0.6) is 0 Å². The van der Waals surface area contributed by atoms with Crippen LogP contribution >= 0.6 is 0 Å². The lowest BCUT2D eigenvalue weighted by atomic mass is 10.2. The molecule has 0 radical (unpaired) electrons. The number of carbonyl (C=O) groups is 1. The quantitative estimate of drug-likeness (QED) is 0.747. The van der Waals surface area contributed by atoms with Gasteiger partial charge in [0, 0.05) is 44.8 Å². The Kier molecular flexibility index (Phi) is 5.87. The van der Waals surface area contributed by atoms with Gasteiger partial charge in [0.2, 0.25) is 5.91 Å². The second-order valence-corrected chi connectivity index (χ2v) is 5.24. The Hall–Kier alpha value is -1.55. The standard InChI is InChI=1S/C16H25N3O/c1-2-18-16(20)9-10-17-13-14-5-7-15(8-6-14)19-11-3-4-12-19/h5-8,17H,2-4,9-13H2,1H3,(H,18,20). The van der Waals surface area contributed by atoms with Crippen molar-refractivity contribution in [1.29, 1.82) is 0 Å². The lowest BCUT2D eigenvalue weighted by Gasteiger charge is -2.17. The monoisotopic (exact) mass is 275 g/mol. The lowest BCUT2D eigenvalue weighted by molar-refractivity contribution is -0.120. The van der Waals surface area contributed by atoms with Gasteiger partial charge in [-0.1, -0.05) is 12.1 Å². The molecule has 0 spiro atoms. The number of hydrogen-bond acceptors (Lipinski definition) is 3. The van der Waals surface area contributed by atoms with Crippen LogP contribution in [0.2, 0.25) is 0 Å². The van der Waals surface area contributed by atoms with Crippen LogP contribution in [0.15, 0.2) is 24.3 Å². The van der Waals surface area contributed by atoms with E-state index in [-0.39, 0.29) is 5.91 Å². The number of nitrogens with one attached hydrogen (secondary N) is 2. The first-order valence-electron chi connectivity index (χ1n) is 7.61. The Labute approximate surface area is 121 Å². The Balaban J connectivity index is 1.69. The first-order chi connectivity index (χ1) is 9.79. The summed E-state index contributed by atoms with van der Waals surface area (Å²) >= 11 is 0. The summed E-state index contributed by atoms with van der Waals surface area (Å²) in [5.74, 6) is 0.115. The van der Waals surface area contributed by atoms with E-state index >= 15 is 0 Å². The fraction of sp³-hybridized carbons (Fsp3) is 0.562. The van der Waals surface area contributed by atoms with E-state index in [1.165, 1.54) is 37.2 Å². The van der Waals surface area contributed by atoms with Gasteiger partial charge in [-0.05, 0) is 37.5 Å². The van der Waals surface area contributed by atoms with E-state index in [0.717, 1.165) is 13.1 Å². The molecule has 1 fully saturated rings. The van der Waals surface area contributed by atoms with Gasteiger partial charge in [0.15, 0.2) is 0 Å². The van der Waals surface area contributed by atoms with Gasteiger partial charge in [-0.15, -0.1) is 0 Å². The highest BCUT2D eigenvalue weighted by molar-refractivity contribution is 5.75. The highest BCUT2D eigenvalue weighted by atomic mass is 16.1. The Morgan fingerprint density at radius 2 is 1.90 bits per heavy atom. The summed E-state index contributed by atoms with van der Waals surface area (Å²) in [7, 11) is 0. The number of amides is 1. The normalized spacial score (nSPS) is 14.6. The molecule has 1 saturated heterocycles. The zero-order valence-corrected chi connectivity index (χ0v) is 12.3. The van der Waals surface area contributed by atoms with Crippen LogP contribution in [0.25, 0.3) is 0 Å². The molecule has 1 aromatic carbocycles. The summed E-state index contributed by atoms with van der Waals surface area (Å²) in [4.78, 5) is 13.7. The molecule has 0 saturated carbocycles. The molecule has 1 aliphatic heterocycles. The van der Waals surface area contributed by atoms with E-state index in [0.29, 0.717) is 13.0 Å². The molecule has 2 rings (SSSR count). The van der Waals surface area contributed by atoms with Crippen LogP contribution in [0.1, 0.15) is 31.7 Å². The maximum atomic E-state index is 11.3. The first-order valence-corrected chi connectivity index (χ1v) is 7.61. The van der Waals surface area contributed by atoms with E-state index in [1.807, 2.05) is 6.92 Å². The Morgan fingerprint density at radius 3 is 2.55 bits per heavy atom. The van der Waals surface area contributed by atoms with Crippen molar-refractivity contribution >= 4 is 11.6 Å². The fourth-order valence-electron chi connectivity index (χ4n) is 2.52. The minimum atomic E-state index is 0.115. The SMILES string of the molecule is CCNC(=O)CCNCc1ccc(N2CCCC2)cc1. The first kappa shape index (κ1) is 14.9. The zero-order chi connectivity index (χ0) is 14.2. The molecule has 0 aliphatic carbocycles. The molecule has 0 aromatic heterocycles. The van der Waals surface area contributed by atoms with Crippen molar-refractivity contribution in [1.82, 2.24) is 10.6 Å². The molecule has 2 N–H and O–H groups in total. The molecule has 1 aromatic rings. The molecule has 4 nitrogen and oxygen atoms in total. The predicted octanol–water partition coefficient (Wildman–Crippen LogP) is 1.90. The predicted molar refractivity (Wildman–Crippen MR) is 82.9 cm³/mol. The molecule has 0 atom stereocenters. The summed E-state index contributed by atoms with van der Waals surface area (Å²) in [6, 6.07) is 8.75. The molecule has 110 valence electrons. The van der Waals surface area contributed by atoms with Crippen LogP contribution in [0.4, 0.5) is 5.69 Å². The van der Waals surface area contributed by atoms with Crippen molar-refractivity contribution in [2.24, 2.45) is 0 Å². The number of benzene rings is 1. The number of carbonyl (C=O) groups excluding carboxylic acids is 1. The average molecular weight is 275 g/mol. The van der Waals surface area contributed by atoms with Gasteiger partial charge < -0.3 is 15.5 Å². The van der Waals surface area contributed by atoms with Gasteiger partial charge >= 0.3 is 0 Å². The van der Waals surface area contributed by atoms with Crippen molar-refractivity contribution in [2.45, 2.75) is 32.7 Å². The Morgan fingerprint density at radius 1 is 1.20 bits per heavy atom. The van der Waals surface area contributed by atoms with Crippen molar-refractivity contribution in [3.63, 3.8) is 0 Å². The zero-order valence-electron chi connectivity index (χ0n) is 12.3. The van der Waals surface area contributed by atoms with E-state index in [1.54, 1.807) is 0 Å². The summed E-state index contributed by atoms with van der Waals surface area (Å²) in [5, 5.41) is 6.10. The number of rotatable bonds is 7. The van der Waals surface area contributed by atoms with Gasteiger partial charge in [-0.25, -0.2) is 0 Å². The van der Waals surface area contributed by atoms with Gasteiger partial charge in [-0.3, -0.25) is 4.79 Å².